The maximum absolute atomic E-state index is 12.6. The minimum Gasteiger partial charge on any atom is -0.396 e. The predicted molar refractivity (Wildman–Crippen MR) is 76.2 cm³/mol. The molecule has 2 N–H and O–H groups in total. The largest absolute Gasteiger partial charge is 0.396 e. The van der Waals surface area contributed by atoms with Gasteiger partial charge in [0.2, 0.25) is 5.91 Å². The van der Waals surface area contributed by atoms with Crippen LogP contribution in [-0.2, 0) is 4.79 Å². The molecule has 0 aliphatic carbocycles. The molecule has 1 atom stereocenters. The molecule has 0 spiro atoms. The molecule has 0 aromatic heterocycles. The van der Waals surface area contributed by atoms with Crippen LogP contribution >= 0.6 is 0 Å². The van der Waals surface area contributed by atoms with Crippen molar-refractivity contribution in [3.05, 3.63) is 29.8 Å². The lowest BCUT2D eigenvalue weighted by molar-refractivity contribution is -0.133. The number of aliphatic hydroxyl groups is 1. The third kappa shape index (κ3) is 3.07. The topological polar surface area (TPSA) is 52.6 Å². The van der Waals surface area contributed by atoms with Crippen LogP contribution in [0.15, 0.2) is 24.3 Å². The van der Waals surface area contributed by atoms with E-state index in [-0.39, 0.29) is 18.4 Å². The van der Waals surface area contributed by atoms with Gasteiger partial charge < -0.3 is 15.3 Å². The molecule has 0 saturated heterocycles. The molecule has 19 heavy (non-hydrogen) atoms. The Bertz CT molecular complexity index is 434. The molecule has 1 aromatic rings. The second-order valence-corrected chi connectivity index (χ2v) is 4.85. The Morgan fingerprint density at radius 1 is 1.47 bits per heavy atom. The molecule has 1 amide bonds. The van der Waals surface area contributed by atoms with Gasteiger partial charge in [0.05, 0.1) is 5.92 Å². The van der Waals surface area contributed by atoms with Crippen molar-refractivity contribution in [1.29, 1.82) is 0 Å². The number of benzene rings is 1. The van der Waals surface area contributed by atoms with E-state index in [2.05, 4.69) is 5.32 Å². The zero-order valence-electron chi connectivity index (χ0n) is 11.4. The number of hydrogen-bond acceptors (Lipinski definition) is 3. The number of rotatable bonds is 5. The number of anilines is 1. The molecule has 0 bridgehead atoms. The van der Waals surface area contributed by atoms with Crippen molar-refractivity contribution >= 4 is 11.6 Å². The summed E-state index contributed by atoms with van der Waals surface area (Å²) >= 11 is 0. The van der Waals surface area contributed by atoms with Crippen molar-refractivity contribution in [2.45, 2.75) is 25.7 Å². The van der Waals surface area contributed by atoms with Crippen molar-refractivity contribution in [3.8, 4) is 0 Å². The maximum atomic E-state index is 12.6. The van der Waals surface area contributed by atoms with Gasteiger partial charge >= 0.3 is 0 Å². The fraction of sp³-hybridized carbons (Fsp3) is 0.533. The lowest BCUT2D eigenvalue weighted by atomic mass is 9.89. The Hall–Kier alpha value is -1.55. The number of nitrogens with zero attached hydrogens (tertiary/aromatic N) is 1. The number of nitrogens with one attached hydrogen (secondary N) is 1. The van der Waals surface area contributed by atoms with E-state index in [0.29, 0.717) is 19.5 Å². The highest BCUT2D eigenvalue weighted by Gasteiger charge is 2.28. The van der Waals surface area contributed by atoms with Crippen LogP contribution in [0, 0.1) is 0 Å². The predicted octanol–water partition coefficient (Wildman–Crippen LogP) is 1.82. The first-order valence-electron chi connectivity index (χ1n) is 7.00. The second-order valence-electron chi connectivity index (χ2n) is 4.85. The molecule has 104 valence electrons. The summed E-state index contributed by atoms with van der Waals surface area (Å²) in [5.41, 5.74) is 2.17. The van der Waals surface area contributed by atoms with Crippen LogP contribution in [0.4, 0.5) is 5.69 Å². The van der Waals surface area contributed by atoms with Crippen molar-refractivity contribution in [2.24, 2.45) is 0 Å². The van der Waals surface area contributed by atoms with Crippen molar-refractivity contribution in [3.63, 3.8) is 0 Å². The van der Waals surface area contributed by atoms with Crippen LogP contribution in [0.25, 0.3) is 0 Å². The van der Waals surface area contributed by atoms with E-state index in [4.69, 9.17) is 5.11 Å². The Morgan fingerprint density at radius 2 is 2.26 bits per heavy atom. The van der Waals surface area contributed by atoms with Crippen LogP contribution < -0.4 is 5.32 Å². The smallest absolute Gasteiger partial charge is 0.230 e. The van der Waals surface area contributed by atoms with E-state index < -0.39 is 0 Å². The molecule has 1 aliphatic rings. The normalized spacial score (nSPS) is 17.5. The molecule has 1 aliphatic heterocycles. The van der Waals surface area contributed by atoms with Gasteiger partial charge in [-0.05, 0) is 31.4 Å². The van der Waals surface area contributed by atoms with Crippen LogP contribution in [0.2, 0.25) is 0 Å². The SMILES string of the molecule is CCN(CCCO)C(=O)C1CCNc2ccccc21. The van der Waals surface area contributed by atoms with E-state index in [0.717, 1.165) is 24.2 Å². The van der Waals surface area contributed by atoms with E-state index in [1.54, 1.807) is 0 Å². The highest BCUT2D eigenvalue weighted by Crippen LogP contribution is 2.32. The summed E-state index contributed by atoms with van der Waals surface area (Å²) in [4.78, 5) is 14.5. The van der Waals surface area contributed by atoms with Gasteiger partial charge in [0.25, 0.3) is 0 Å². The number of fused-ring (bicyclic) bond motifs is 1. The number of carbonyl (C=O) groups is 1. The van der Waals surface area contributed by atoms with Gasteiger partial charge in [-0.2, -0.15) is 0 Å². The van der Waals surface area contributed by atoms with Crippen LogP contribution in [0.1, 0.15) is 31.2 Å². The van der Waals surface area contributed by atoms with Gasteiger partial charge in [0.1, 0.15) is 0 Å². The minimum atomic E-state index is -0.0453. The number of likely N-dealkylation sites (N-methyl/N-ethyl adjacent to an activating group) is 1. The molecule has 0 saturated carbocycles. The standard InChI is InChI=1S/C15H22N2O2/c1-2-17(10-5-11-18)15(19)13-8-9-16-14-7-4-3-6-12(13)14/h3-4,6-7,13,16,18H,2,5,8-11H2,1H3. The van der Waals surface area contributed by atoms with E-state index in [1.165, 1.54) is 0 Å². The van der Waals surface area contributed by atoms with Gasteiger partial charge in [-0.15, -0.1) is 0 Å². The first-order chi connectivity index (χ1) is 9.27. The lowest BCUT2D eigenvalue weighted by Gasteiger charge is -2.30. The van der Waals surface area contributed by atoms with Gasteiger partial charge in [0.15, 0.2) is 0 Å². The highest BCUT2D eigenvalue weighted by molar-refractivity contribution is 5.86. The molecule has 1 heterocycles. The lowest BCUT2D eigenvalue weighted by Crippen LogP contribution is -2.38. The molecule has 4 nitrogen and oxygen atoms in total. The van der Waals surface area contributed by atoms with Crippen molar-refractivity contribution < 1.29 is 9.90 Å². The Morgan fingerprint density at radius 3 is 3.00 bits per heavy atom. The first kappa shape index (κ1) is 13.9. The Balaban J connectivity index is 2.15. The first-order valence-corrected chi connectivity index (χ1v) is 7.00. The fourth-order valence-corrected chi connectivity index (χ4v) is 2.63. The van der Waals surface area contributed by atoms with Crippen LogP contribution in [0.3, 0.4) is 0 Å². The van der Waals surface area contributed by atoms with Crippen LogP contribution in [0.5, 0.6) is 0 Å². The number of aliphatic hydroxyl groups excluding tert-OH is 1. The van der Waals surface area contributed by atoms with Gasteiger partial charge in [-0.25, -0.2) is 0 Å². The number of carbonyl (C=O) groups excluding carboxylic acids is 1. The van der Waals surface area contributed by atoms with Gasteiger partial charge in [-0.1, -0.05) is 18.2 Å². The summed E-state index contributed by atoms with van der Waals surface area (Å²) in [6.45, 7) is 4.29. The molecule has 0 fully saturated rings. The molecule has 1 aromatic carbocycles. The fourth-order valence-electron chi connectivity index (χ4n) is 2.63. The summed E-state index contributed by atoms with van der Waals surface area (Å²) in [5, 5.41) is 12.2. The van der Waals surface area contributed by atoms with Gasteiger partial charge in [-0.3, -0.25) is 4.79 Å². The third-order valence-corrected chi connectivity index (χ3v) is 3.66. The highest BCUT2D eigenvalue weighted by atomic mass is 16.3. The summed E-state index contributed by atoms with van der Waals surface area (Å²) in [7, 11) is 0. The summed E-state index contributed by atoms with van der Waals surface area (Å²) in [6.07, 6.45) is 1.48. The number of hydrogen-bond donors (Lipinski definition) is 2. The molecule has 1 unspecified atom stereocenters. The molecule has 0 radical (unpaired) electrons. The quantitative estimate of drug-likeness (QED) is 0.851. The Kier molecular flexibility index (Phi) is 4.80. The average molecular weight is 262 g/mol. The van der Waals surface area contributed by atoms with Crippen LogP contribution in [-0.4, -0.2) is 42.2 Å². The summed E-state index contributed by atoms with van der Waals surface area (Å²) < 4.78 is 0. The average Bonchev–Trinajstić information content (AvgIpc) is 2.47. The molecular weight excluding hydrogens is 240 g/mol. The maximum Gasteiger partial charge on any atom is 0.230 e. The third-order valence-electron chi connectivity index (χ3n) is 3.66. The monoisotopic (exact) mass is 262 g/mol. The summed E-state index contributed by atoms with van der Waals surface area (Å²) in [6, 6.07) is 8.03. The van der Waals surface area contributed by atoms with Crippen molar-refractivity contribution in [2.75, 3.05) is 31.6 Å². The molecule has 2 rings (SSSR count). The van der Waals surface area contributed by atoms with Crippen molar-refractivity contribution in [1.82, 2.24) is 4.90 Å². The molecule has 4 heteroatoms. The number of amides is 1. The van der Waals surface area contributed by atoms with E-state index >= 15 is 0 Å². The second kappa shape index (κ2) is 6.57. The zero-order chi connectivity index (χ0) is 13.7. The minimum absolute atomic E-state index is 0.0453. The van der Waals surface area contributed by atoms with E-state index in [9.17, 15) is 4.79 Å². The number of para-hydroxylation sites is 1. The van der Waals surface area contributed by atoms with Gasteiger partial charge in [0, 0.05) is 31.9 Å². The Labute approximate surface area is 114 Å². The van der Waals surface area contributed by atoms with E-state index in [1.807, 2.05) is 36.1 Å². The molecular formula is C15H22N2O2. The summed E-state index contributed by atoms with van der Waals surface area (Å²) in [5.74, 6) is 0.140. The zero-order valence-corrected chi connectivity index (χ0v) is 11.4.